The fourth-order valence-corrected chi connectivity index (χ4v) is 2.71. The molecule has 3 N–H and O–H groups in total. The topological polar surface area (TPSA) is 63.3 Å². The molecule has 0 aliphatic heterocycles. The van der Waals surface area contributed by atoms with Crippen molar-refractivity contribution in [1.29, 1.82) is 0 Å². The van der Waals surface area contributed by atoms with Gasteiger partial charge in [-0.3, -0.25) is 4.79 Å². The van der Waals surface area contributed by atoms with Crippen molar-refractivity contribution in [2.24, 2.45) is 5.73 Å². The second kappa shape index (κ2) is 4.62. The number of carboxylic acids is 1. The molecule has 1 unspecified atom stereocenters. The van der Waals surface area contributed by atoms with E-state index in [1.807, 2.05) is 24.3 Å². The summed E-state index contributed by atoms with van der Waals surface area (Å²) in [5, 5.41) is 9.59. The molecule has 0 aromatic heterocycles. The van der Waals surface area contributed by atoms with Crippen molar-refractivity contribution < 1.29 is 9.90 Å². The summed E-state index contributed by atoms with van der Waals surface area (Å²) in [7, 11) is 0. The zero-order valence-corrected chi connectivity index (χ0v) is 9.73. The van der Waals surface area contributed by atoms with Crippen LogP contribution in [0.5, 0.6) is 0 Å². The van der Waals surface area contributed by atoms with Gasteiger partial charge in [-0.05, 0) is 43.0 Å². The van der Waals surface area contributed by atoms with Crippen molar-refractivity contribution in [3.63, 3.8) is 0 Å². The second-order valence-electron chi connectivity index (χ2n) is 4.53. The fraction of sp³-hybridized carbons (Fsp3) is 0.357. The first kappa shape index (κ1) is 11.7. The van der Waals surface area contributed by atoms with Crippen molar-refractivity contribution in [2.75, 3.05) is 0 Å². The Morgan fingerprint density at radius 2 is 2.24 bits per heavy atom. The standard InChI is InChI=1S/C14H17NO2/c15-10-4-9-14(13(16)17)8-3-6-11-5-1-2-7-12(11)14/h1-2,4-5,7,10H,3,6,8-9,15H2,(H,16,17). The molecule has 0 saturated carbocycles. The summed E-state index contributed by atoms with van der Waals surface area (Å²) in [4.78, 5) is 11.7. The molecule has 0 fully saturated rings. The summed E-state index contributed by atoms with van der Waals surface area (Å²) < 4.78 is 0. The van der Waals surface area contributed by atoms with E-state index in [9.17, 15) is 9.90 Å². The smallest absolute Gasteiger partial charge is 0.314 e. The lowest BCUT2D eigenvalue weighted by Gasteiger charge is -2.34. The van der Waals surface area contributed by atoms with E-state index in [0.29, 0.717) is 12.8 Å². The molecule has 1 aromatic carbocycles. The third kappa shape index (κ3) is 1.93. The predicted octanol–water partition coefficient (Wildman–Crippen LogP) is 2.21. The molecule has 0 spiro atoms. The van der Waals surface area contributed by atoms with Gasteiger partial charge >= 0.3 is 5.97 Å². The van der Waals surface area contributed by atoms with Crippen LogP contribution in [-0.4, -0.2) is 11.1 Å². The maximum Gasteiger partial charge on any atom is 0.314 e. The molecule has 1 aliphatic rings. The molecule has 0 saturated heterocycles. The Bertz CT molecular complexity index is 453. The molecule has 0 heterocycles. The summed E-state index contributed by atoms with van der Waals surface area (Å²) in [5.74, 6) is -0.747. The van der Waals surface area contributed by atoms with E-state index in [4.69, 9.17) is 5.73 Å². The molecule has 3 nitrogen and oxygen atoms in total. The molecule has 3 heteroatoms. The number of aryl methyl sites for hydroxylation is 1. The highest BCUT2D eigenvalue weighted by Crippen LogP contribution is 2.40. The predicted molar refractivity (Wildman–Crippen MR) is 66.6 cm³/mol. The highest BCUT2D eigenvalue weighted by atomic mass is 16.4. The Morgan fingerprint density at radius 3 is 2.94 bits per heavy atom. The van der Waals surface area contributed by atoms with Gasteiger partial charge in [-0.1, -0.05) is 30.3 Å². The quantitative estimate of drug-likeness (QED) is 0.838. The van der Waals surface area contributed by atoms with E-state index >= 15 is 0 Å². The van der Waals surface area contributed by atoms with E-state index in [0.717, 1.165) is 24.0 Å². The number of aliphatic carboxylic acids is 1. The molecule has 1 aliphatic carbocycles. The first-order chi connectivity index (χ1) is 8.20. The zero-order valence-electron chi connectivity index (χ0n) is 9.73. The Hall–Kier alpha value is -1.77. The maximum atomic E-state index is 11.7. The van der Waals surface area contributed by atoms with Gasteiger partial charge in [0.2, 0.25) is 0 Å². The summed E-state index contributed by atoms with van der Waals surface area (Å²) >= 11 is 0. The molecule has 2 rings (SSSR count). The van der Waals surface area contributed by atoms with Gasteiger partial charge < -0.3 is 10.8 Å². The average Bonchev–Trinajstić information content (AvgIpc) is 2.36. The van der Waals surface area contributed by atoms with E-state index in [1.54, 1.807) is 6.08 Å². The van der Waals surface area contributed by atoms with E-state index in [2.05, 4.69) is 0 Å². The van der Waals surface area contributed by atoms with Crippen LogP contribution in [0.15, 0.2) is 36.5 Å². The van der Waals surface area contributed by atoms with Gasteiger partial charge in [0, 0.05) is 0 Å². The van der Waals surface area contributed by atoms with Gasteiger partial charge in [-0.25, -0.2) is 0 Å². The third-order valence-corrected chi connectivity index (χ3v) is 3.59. The normalized spacial score (nSPS) is 23.5. The molecule has 17 heavy (non-hydrogen) atoms. The highest BCUT2D eigenvalue weighted by molar-refractivity contribution is 5.82. The van der Waals surface area contributed by atoms with Crippen molar-refractivity contribution in [3.8, 4) is 0 Å². The first-order valence-corrected chi connectivity index (χ1v) is 5.89. The SMILES string of the molecule is NC=CCC1(C(=O)O)CCCc2ccccc21. The van der Waals surface area contributed by atoms with Gasteiger partial charge in [0.25, 0.3) is 0 Å². The highest BCUT2D eigenvalue weighted by Gasteiger charge is 2.42. The minimum atomic E-state index is -0.787. The van der Waals surface area contributed by atoms with Gasteiger partial charge in [0.1, 0.15) is 0 Å². The Balaban J connectivity index is 2.51. The van der Waals surface area contributed by atoms with Crippen LogP contribution < -0.4 is 5.73 Å². The number of fused-ring (bicyclic) bond motifs is 1. The van der Waals surface area contributed by atoms with E-state index < -0.39 is 11.4 Å². The maximum absolute atomic E-state index is 11.7. The summed E-state index contributed by atoms with van der Waals surface area (Å²) in [6.45, 7) is 0. The summed E-state index contributed by atoms with van der Waals surface area (Å²) in [5.41, 5.74) is 6.68. The second-order valence-corrected chi connectivity index (χ2v) is 4.53. The summed E-state index contributed by atoms with van der Waals surface area (Å²) in [6, 6.07) is 7.84. The molecule has 1 atom stereocenters. The molecule has 0 amide bonds. The molecule has 90 valence electrons. The van der Waals surface area contributed by atoms with Crippen LogP contribution in [0.2, 0.25) is 0 Å². The van der Waals surface area contributed by atoms with Crippen LogP contribution in [0, 0.1) is 0 Å². The van der Waals surface area contributed by atoms with Crippen molar-refractivity contribution in [1.82, 2.24) is 0 Å². The minimum Gasteiger partial charge on any atom is -0.481 e. The number of carbonyl (C=O) groups is 1. The van der Waals surface area contributed by atoms with Crippen LogP contribution in [0.25, 0.3) is 0 Å². The van der Waals surface area contributed by atoms with Crippen molar-refractivity contribution in [3.05, 3.63) is 47.7 Å². The summed E-state index contributed by atoms with van der Waals surface area (Å²) in [6.07, 6.45) is 6.22. The lowest BCUT2D eigenvalue weighted by atomic mass is 9.68. The van der Waals surface area contributed by atoms with Crippen LogP contribution in [0.1, 0.15) is 30.4 Å². The van der Waals surface area contributed by atoms with Crippen LogP contribution in [0.3, 0.4) is 0 Å². The number of allylic oxidation sites excluding steroid dienone is 1. The van der Waals surface area contributed by atoms with Crippen LogP contribution in [0.4, 0.5) is 0 Å². The van der Waals surface area contributed by atoms with Gasteiger partial charge in [-0.15, -0.1) is 0 Å². The van der Waals surface area contributed by atoms with E-state index in [1.165, 1.54) is 6.20 Å². The lowest BCUT2D eigenvalue weighted by molar-refractivity contribution is -0.144. The number of carboxylic acid groups (broad SMARTS) is 1. The molecule has 0 radical (unpaired) electrons. The molecular formula is C14H17NO2. The molecular weight excluding hydrogens is 214 g/mol. The molecule has 1 aromatic rings. The first-order valence-electron chi connectivity index (χ1n) is 5.89. The lowest BCUT2D eigenvalue weighted by Crippen LogP contribution is -2.38. The number of hydrogen-bond acceptors (Lipinski definition) is 2. The van der Waals surface area contributed by atoms with Gasteiger partial charge in [0.05, 0.1) is 5.41 Å². The largest absolute Gasteiger partial charge is 0.481 e. The number of benzene rings is 1. The number of nitrogens with two attached hydrogens (primary N) is 1. The Morgan fingerprint density at radius 1 is 1.47 bits per heavy atom. The van der Waals surface area contributed by atoms with Crippen LogP contribution >= 0.6 is 0 Å². The third-order valence-electron chi connectivity index (χ3n) is 3.59. The van der Waals surface area contributed by atoms with Crippen molar-refractivity contribution >= 4 is 5.97 Å². The number of hydrogen-bond donors (Lipinski definition) is 2. The zero-order chi connectivity index (χ0) is 12.3. The monoisotopic (exact) mass is 231 g/mol. The molecule has 0 bridgehead atoms. The average molecular weight is 231 g/mol. The Labute approximate surface area is 101 Å². The minimum absolute atomic E-state index is 0.468. The van der Waals surface area contributed by atoms with E-state index in [-0.39, 0.29) is 0 Å². The van der Waals surface area contributed by atoms with Crippen molar-refractivity contribution in [2.45, 2.75) is 31.1 Å². The van der Waals surface area contributed by atoms with Gasteiger partial charge in [-0.2, -0.15) is 0 Å². The van der Waals surface area contributed by atoms with Gasteiger partial charge in [0.15, 0.2) is 0 Å². The Kier molecular flexibility index (Phi) is 3.18. The number of rotatable bonds is 3. The van der Waals surface area contributed by atoms with Crippen LogP contribution in [-0.2, 0) is 16.6 Å². The fourth-order valence-electron chi connectivity index (χ4n) is 2.71.